The second-order valence-electron chi connectivity index (χ2n) is 9.51. The van der Waals surface area contributed by atoms with E-state index in [0.29, 0.717) is 11.3 Å². The van der Waals surface area contributed by atoms with Crippen LogP contribution < -0.4 is 10.2 Å². The number of fused-ring (bicyclic) bond motifs is 1. The normalized spacial score (nSPS) is 36.5. The Labute approximate surface area is 151 Å². The Balaban J connectivity index is 1.24. The summed E-state index contributed by atoms with van der Waals surface area (Å²) in [6.07, 6.45) is 9.80. The highest BCUT2D eigenvalue weighted by atomic mass is 16.2. The molecule has 0 unspecified atom stereocenters. The molecule has 0 spiro atoms. The molecular formula is C22H31N2O+. The predicted molar refractivity (Wildman–Crippen MR) is 99.4 cm³/mol. The maximum Gasteiger partial charge on any atom is 0.284 e. The topological polar surface area (TPSA) is 36.9 Å². The lowest BCUT2D eigenvalue weighted by Crippen LogP contribution is -2.94. The van der Waals surface area contributed by atoms with Crippen LogP contribution >= 0.6 is 0 Å². The molecule has 3 heteroatoms. The van der Waals surface area contributed by atoms with Gasteiger partial charge in [0.1, 0.15) is 0 Å². The van der Waals surface area contributed by atoms with E-state index in [4.69, 9.17) is 0 Å². The number of amides is 1. The van der Waals surface area contributed by atoms with Gasteiger partial charge in [0.25, 0.3) is 5.91 Å². The first-order chi connectivity index (χ1) is 12.1. The highest BCUT2D eigenvalue weighted by Gasteiger charge is 2.52. The van der Waals surface area contributed by atoms with Crippen LogP contribution in [-0.4, -0.2) is 25.0 Å². The molecule has 1 heterocycles. The summed E-state index contributed by atoms with van der Waals surface area (Å²) < 4.78 is 0. The number of hydrogen-bond donors (Lipinski definition) is 1. The van der Waals surface area contributed by atoms with Crippen molar-refractivity contribution in [1.82, 2.24) is 0 Å². The van der Waals surface area contributed by atoms with Gasteiger partial charge < -0.3 is 10.2 Å². The number of carbonyl (C=O) groups is 1. The van der Waals surface area contributed by atoms with Gasteiger partial charge >= 0.3 is 0 Å². The number of anilines is 1. The van der Waals surface area contributed by atoms with Gasteiger partial charge in [-0.2, -0.15) is 0 Å². The van der Waals surface area contributed by atoms with Crippen molar-refractivity contribution in [2.75, 3.05) is 18.0 Å². The number of nitrogens with two attached hydrogens (primary N) is 1. The van der Waals surface area contributed by atoms with E-state index in [2.05, 4.69) is 30.4 Å². The van der Waals surface area contributed by atoms with E-state index < -0.39 is 0 Å². The minimum atomic E-state index is 0.0409. The molecule has 6 rings (SSSR count). The smallest absolute Gasteiger partial charge is 0.284 e. The van der Waals surface area contributed by atoms with Crippen LogP contribution in [0.15, 0.2) is 24.3 Å². The van der Waals surface area contributed by atoms with Gasteiger partial charge in [-0.3, -0.25) is 4.79 Å². The second kappa shape index (κ2) is 5.84. The zero-order valence-corrected chi connectivity index (χ0v) is 15.4. The molecule has 4 bridgehead atoms. The summed E-state index contributed by atoms with van der Waals surface area (Å²) in [5.74, 6) is 3.29. The highest BCUT2D eigenvalue weighted by Crippen LogP contribution is 2.59. The fourth-order valence-corrected chi connectivity index (χ4v) is 6.88. The third-order valence-corrected chi connectivity index (χ3v) is 7.61. The Hall–Kier alpha value is -1.35. The van der Waals surface area contributed by atoms with E-state index in [0.717, 1.165) is 36.4 Å². The van der Waals surface area contributed by atoms with Crippen LogP contribution in [-0.2, 0) is 11.2 Å². The molecule has 1 aromatic carbocycles. The lowest BCUT2D eigenvalue weighted by atomic mass is 9.49. The van der Waals surface area contributed by atoms with Crippen LogP contribution in [0, 0.1) is 23.2 Å². The first-order valence-corrected chi connectivity index (χ1v) is 10.3. The van der Waals surface area contributed by atoms with Crippen LogP contribution in [0.2, 0.25) is 0 Å². The zero-order valence-electron chi connectivity index (χ0n) is 15.4. The summed E-state index contributed by atoms with van der Waals surface area (Å²) in [6, 6.07) is 8.43. The molecule has 1 aliphatic heterocycles. The van der Waals surface area contributed by atoms with Crippen molar-refractivity contribution in [3.8, 4) is 0 Å². The monoisotopic (exact) mass is 339 g/mol. The Bertz CT molecular complexity index is 647. The van der Waals surface area contributed by atoms with Crippen LogP contribution in [0.5, 0.6) is 0 Å². The van der Waals surface area contributed by atoms with Crippen molar-refractivity contribution in [3.63, 3.8) is 0 Å². The van der Waals surface area contributed by atoms with Crippen molar-refractivity contribution in [2.24, 2.45) is 23.2 Å². The summed E-state index contributed by atoms with van der Waals surface area (Å²) >= 11 is 0. The van der Waals surface area contributed by atoms with Gasteiger partial charge in [0.15, 0.2) is 6.04 Å². The average molecular weight is 340 g/mol. The summed E-state index contributed by atoms with van der Waals surface area (Å²) in [5.41, 5.74) is 3.01. The van der Waals surface area contributed by atoms with Crippen molar-refractivity contribution >= 4 is 11.6 Å². The third-order valence-electron chi connectivity index (χ3n) is 7.61. The summed E-state index contributed by atoms with van der Waals surface area (Å²) in [4.78, 5) is 15.0. The largest absolute Gasteiger partial charge is 0.336 e. The van der Waals surface area contributed by atoms with E-state index in [-0.39, 0.29) is 6.04 Å². The Morgan fingerprint density at radius 1 is 1.16 bits per heavy atom. The first kappa shape index (κ1) is 15.9. The van der Waals surface area contributed by atoms with Crippen LogP contribution in [0.4, 0.5) is 5.69 Å². The first-order valence-electron chi connectivity index (χ1n) is 10.3. The molecular weight excluding hydrogens is 308 g/mol. The van der Waals surface area contributed by atoms with Crippen LogP contribution in [0.25, 0.3) is 0 Å². The quantitative estimate of drug-likeness (QED) is 0.900. The molecule has 1 atom stereocenters. The molecule has 4 aliphatic carbocycles. The standard InChI is InChI=1S/C22H30N2O/c1-15(21(25)24-7-6-19-4-2-3-5-20(19)24)23-14-22-11-16-8-17(12-22)10-18(9-16)13-22/h2-5,15-18,23H,6-14H2,1H3/p+1/t15-,16?,17?,18?,22?/m0/s1. The number of rotatable bonds is 4. The van der Waals surface area contributed by atoms with Gasteiger partial charge in [0.05, 0.1) is 6.54 Å². The Morgan fingerprint density at radius 3 is 2.48 bits per heavy atom. The third kappa shape index (κ3) is 2.71. The molecule has 5 aliphatic rings. The van der Waals surface area contributed by atoms with Gasteiger partial charge in [-0.1, -0.05) is 18.2 Å². The van der Waals surface area contributed by atoms with E-state index in [1.165, 1.54) is 50.6 Å². The van der Waals surface area contributed by atoms with Gasteiger partial charge in [-0.05, 0) is 81.3 Å². The van der Waals surface area contributed by atoms with Gasteiger partial charge in [-0.25, -0.2) is 0 Å². The van der Waals surface area contributed by atoms with Gasteiger partial charge in [-0.15, -0.1) is 0 Å². The second-order valence-corrected chi connectivity index (χ2v) is 9.51. The highest BCUT2D eigenvalue weighted by molar-refractivity contribution is 5.97. The average Bonchev–Trinajstić information content (AvgIpc) is 3.02. The number of carbonyl (C=O) groups excluding carboxylic acids is 1. The predicted octanol–water partition coefficient (Wildman–Crippen LogP) is 2.74. The number of para-hydroxylation sites is 1. The number of nitrogens with zero attached hydrogens (tertiary/aromatic N) is 1. The van der Waals surface area contributed by atoms with E-state index in [1.54, 1.807) is 0 Å². The summed E-state index contributed by atoms with van der Waals surface area (Å²) in [7, 11) is 0. The summed E-state index contributed by atoms with van der Waals surface area (Å²) in [5, 5.41) is 2.37. The maximum absolute atomic E-state index is 13.0. The van der Waals surface area contributed by atoms with E-state index >= 15 is 0 Å². The maximum atomic E-state index is 13.0. The number of quaternary nitrogens is 1. The van der Waals surface area contributed by atoms with Crippen molar-refractivity contribution in [1.29, 1.82) is 0 Å². The lowest BCUT2D eigenvalue weighted by Gasteiger charge is -2.56. The number of benzene rings is 1. The molecule has 2 N–H and O–H groups in total. The molecule has 0 saturated heterocycles. The van der Waals surface area contributed by atoms with Crippen molar-refractivity contribution in [2.45, 2.75) is 57.9 Å². The molecule has 134 valence electrons. The number of hydrogen-bond acceptors (Lipinski definition) is 1. The molecule has 4 saturated carbocycles. The van der Waals surface area contributed by atoms with Crippen LogP contribution in [0.1, 0.15) is 51.0 Å². The lowest BCUT2D eigenvalue weighted by molar-refractivity contribution is -0.686. The molecule has 0 radical (unpaired) electrons. The zero-order chi connectivity index (χ0) is 17.0. The van der Waals surface area contributed by atoms with E-state index in [1.807, 2.05) is 11.0 Å². The minimum Gasteiger partial charge on any atom is -0.336 e. The Morgan fingerprint density at radius 2 is 1.80 bits per heavy atom. The minimum absolute atomic E-state index is 0.0409. The van der Waals surface area contributed by atoms with Crippen LogP contribution in [0.3, 0.4) is 0 Å². The van der Waals surface area contributed by atoms with E-state index in [9.17, 15) is 4.79 Å². The fourth-order valence-electron chi connectivity index (χ4n) is 6.88. The van der Waals surface area contributed by atoms with Gasteiger partial charge in [0.2, 0.25) is 0 Å². The molecule has 4 fully saturated rings. The van der Waals surface area contributed by atoms with Crippen molar-refractivity contribution in [3.05, 3.63) is 29.8 Å². The van der Waals surface area contributed by atoms with Crippen molar-refractivity contribution < 1.29 is 10.1 Å². The Kier molecular flexibility index (Phi) is 3.70. The summed E-state index contributed by atoms with van der Waals surface area (Å²) in [6.45, 7) is 4.14. The molecule has 1 aromatic rings. The molecule has 25 heavy (non-hydrogen) atoms. The molecule has 3 nitrogen and oxygen atoms in total. The fraction of sp³-hybridized carbons (Fsp3) is 0.682. The molecule has 1 amide bonds. The molecule has 0 aromatic heterocycles. The SMILES string of the molecule is C[C@H]([NH2+]CC12CC3CC(CC(C3)C1)C2)C(=O)N1CCc2ccccc21. The van der Waals surface area contributed by atoms with Gasteiger partial charge in [0, 0.05) is 17.6 Å².